The second-order valence-electron chi connectivity index (χ2n) is 6.16. The van der Waals surface area contributed by atoms with Crippen LogP contribution in [0.4, 0.5) is 4.39 Å². The molecule has 1 unspecified atom stereocenters. The van der Waals surface area contributed by atoms with Gasteiger partial charge in [0, 0.05) is 18.0 Å². The number of halogens is 1. The Morgan fingerprint density at radius 1 is 1.22 bits per heavy atom. The molecule has 2 aromatic carbocycles. The van der Waals surface area contributed by atoms with Gasteiger partial charge in [0.05, 0.1) is 12.5 Å². The maximum absolute atomic E-state index is 14.2. The van der Waals surface area contributed by atoms with Gasteiger partial charge in [-0.15, -0.1) is 0 Å². The first kappa shape index (κ1) is 15.6. The summed E-state index contributed by atoms with van der Waals surface area (Å²) in [4.78, 5) is 13.2. The molecule has 1 saturated heterocycles. The van der Waals surface area contributed by atoms with Crippen molar-refractivity contribution in [3.8, 4) is 0 Å². The van der Waals surface area contributed by atoms with E-state index in [4.69, 9.17) is 0 Å². The van der Waals surface area contributed by atoms with E-state index in [2.05, 4.69) is 0 Å². The van der Waals surface area contributed by atoms with E-state index in [1.54, 1.807) is 12.1 Å². The quantitative estimate of drug-likeness (QED) is 0.642. The fourth-order valence-electron chi connectivity index (χ4n) is 3.30. The van der Waals surface area contributed by atoms with Crippen molar-refractivity contribution in [3.63, 3.8) is 0 Å². The third kappa shape index (κ3) is 3.40. The number of hydrogen-bond donors (Lipinski definition) is 0. The Morgan fingerprint density at radius 2 is 1.96 bits per heavy atom. The Labute approximate surface area is 134 Å². The lowest BCUT2D eigenvalue weighted by molar-refractivity contribution is -0.521. The zero-order valence-electron chi connectivity index (χ0n) is 13.0. The van der Waals surface area contributed by atoms with E-state index in [1.165, 1.54) is 6.07 Å². The molecular formula is C18H19FN2O2. The van der Waals surface area contributed by atoms with Gasteiger partial charge in [0.1, 0.15) is 5.82 Å². The van der Waals surface area contributed by atoms with E-state index in [-0.39, 0.29) is 10.7 Å². The van der Waals surface area contributed by atoms with Crippen LogP contribution in [0.5, 0.6) is 0 Å². The Kier molecular flexibility index (Phi) is 4.39. The highest BCUT2D eigenvalue weighted by atomic mass is 19.1. The topological polar surface area (TPSA) is 46.4 Å². The standard InChI is InChI=1S/C18H19FN2O2/c1-13-7-8-17(19)15(9-13)16-11-20(12-18(16)21(22)23)10-14-5-3-2-4-6-14/h2-9,16,18H,10-12H2,1H3/t16-,18?/m1/s1. The largest absolute Gasteiger partial charge is 0.292 e. The average Bonchev–Trinajstić information content (AvgIpc) is 2.94. The van der Waals surface area contributed by atoms with Crippen LogP contribution in [0.15, 0.2) is 48.5 Å². The molecule has 0 aromatic heterocycles. The smallest absolute Gasteiger partial charge is 0.233 e. The maximum Gasteiger partial charge on any atom is 0.233 e. The summed E-state index contributed by atoms with van der Waals surface area (Å²) in [5.74, 6) is -0.761. The highest BCUT2D eigenvalue weighted by molar-refractivity contribution is 5.29. The minimum absolute atomic E-state index is 0.266. The van der Waals surface area contributed by atoms with Crippen molar-refractivity contribution < 1.29 is 9.31 Å². The third-order valence-corrected chi connectivity index (χ3v) is 4.44. The van der Waals surface area contributed by atoms with E-state index >= 15 is 0 Å². The molecule has 120 valence electrons. The summed E-state index contributed by atoms with van der Waals surface area (Å²) in [5.41, 5.74) is 2.49. The number of aryl methyl sites for hydroxylation is 1. The van der Waals surface area contributed by atoms with Crippen LogP contribution in [-0.2, 0) is 6.54 Å². The summed E-state index contributed by atoms with van der Waals surface area (Å²) >= 11 is 0. The lowest BCUT2D eigenvalue weighted by Gasteiger charge is -2.16. The van der Waals surface area contributed by atoms with Crippen molar-refractivity contribution in [2.75, 3.05) is 13.1 Å². The molecular weight excluding hydrogens is 295 g/mol. The summed E-state index contributed by atoms with van der Waals surface area (Å²) in [6.07, 6.45) is 0. The normalized spacial score (nSPS) is 21.5. The zero-order chi connectivity index (χ0) is 16.4. The number of hydrogen-bond acceptors (Lipinski definition) is 3. The van der Waals surface area contributed by atoms with Gasteiger partial charge in [-0.3, -0.25) is 15.0 Å². The lowest BCUT2D eigenvalue weighted by Crippen LogP contribution is -2.28. The van der Waals surface area contributed by atoms with Crippen LogP contribution in [0.3, 0.4) is 0 Å². The molecule has 1 aliphatic heterocycles. The first-order valence-electron chi connectivity index (χ1n) is 7.70. The Hall–Kier alpha value is -2.27. The predicted molar refractivity (Wildman–Crippen MR) is 86.4 cm³/mol. The van der Waals surface area contributed by atoms with Crippen LogP contribution in [-0.4, -0.2) is 29.0 Å². The summed E-state index contributed by atoms with van der Waals surface area (Å²) in [5, 5.41) is 11.4. The molecule has 2 aromatic rings. The number of nitro groups is 1. The van der Waals surface area contributed by atoms with E-state index in [0.717, 1.165) is 11.1 Å². The third-order valence-electron chi connectivity index (χ3n) is 4.44. The van der Waals surface area contributed by atoms with E-state index in [9.17, 15) is 14.5 Å². The van der Waals surface area contributed by atoms with Gasteiger partial charge in [-0.2, -0.15) is 0 Å². The fraction of sp³-hybridized carbons (Fsp3) is 0.333. The van der Waals surface area contributed by atoms with Crippen molar-refractivity contribution in [3.05, 3.63) is 81.2 Å². The highest BCUT2D eigenvalue weighted by Crippen LogP contribution is 2.32. The van der Waals surface area contributed by atoms with Gasteiger partial charge in [0.25, 0.3) is 0 Å². The molecule has 3 rings (SSSR count). The van der Waals surface area contributed by atoms with Crippen molar-refractivity contribution in [2.24, 2.45) is 0 Å². The predicted octanol–water partition coefficient (Wildman–Crippen LogP) is 3.38. The molecule has 1 heterocycles. The summed E-state index contributed by atoms with van der Waals surface area (Å²) in [6, 6.07) is 13.9. The van der Waals surface area contributed by atoms with Crippen molar-refractivity contribution in [2.45, 2.75) is 25.4 Å². The van der Waals surface area contributed by atoms with Gasteiger partial charge in [-0.05, 0) is 24.1 Å². The van der Waals surface area contributed by atoms with Crippen LogP contribution < -0.4 is 0 Å². The Balaban J connectivity index is 1.84. The molecule has 0 radical (unpaired) electrons. The molecule has 4 nitrogen and oxygen atoms in total. The number of likely N-dealkylation sites (tertiary alicyclic amines) is 1. The number of rotatable bonds is 4. The summed E-state index contributed by atoms with van der Waals surface area (Å²) in [6.45, 7) is 3.37. The van der Waals surface area contributed by atoms with Gasteiger partial charge in [0.15, 0.2) is 0 Å². The van der Waals surface area contributed by atoms with Crippen LogP contribution in [0.1, 0.15) is 22.6 Å². The maximum atomic E-state index is 14.2. The minimum atomic E-state index is -0.769. The molecule has 23 heavy (non-hydrogen) atoms. The monoisotopic (exact) mass is 314 g/mol. The molecule has 0 spiro atoms. The van der Waals surface area contributed by atoms with Gasteiger partial charge in [-0.1, -0.05) is 48.0 Å². The molecule has 0 amide bonds. The number of nitrogens with zero attached hydrogens (tertiary/aromatic N) is 2. The Morgan fingerprint density at radius 3 is 2.65 bits per heavy atom. The highest BCUT2D eigenvalue weighted by Gasteiger charge is 2.42. The van der Waals surface area contributed by atoms with Crippen LogP contribution in [0, 0.1) is 22.9 Å². The molecule has 0 aliphatic carbocycles. The fourth-order valence-corrected chi connectivity index (χ4v) is 3.30. The molecule has 1 aliphatic rings. The van der Waals surface area contributed by atoms with Crippen molar-refractivity contribution in [1.29, 1.82) is 0 Å². The van der Waals surface area contributed by atoms with Gasteiger partial charge in [-0.25, -0.2) is 4.39 Å². The molecule has 1 fully saturated rings. The molecule has 0 N–H and O–H groups in total. The summed E-state index contributed by atoms with van der Waals surface area (Å²) < 4.78 is 14.2. The second kappa shape index (κ2) is 6.46. The van der Waals surface area contributed by atoms with Crippen molar-refractivity contribution in [1.82, 2.24) is 4.90 Å². The molecule has 0 saturated carbocycles. The van der Waals surface area contributed by atoms with E-state index < -0.39 is 12.0 Å². The Bertz CT molecular complexity index is 705. The van der Waals surface area contributed by atoms with E-state index in [1.807, 2.05) is 42.2 Å². The summed E-state index contributed by atoms with van der Waals surface area (Å²) in [7, 11) is 0. The minimum Gasteiger partial charge on any atom is -0.292 e. The molecule has 2 atom stereocenters. The van der Waals surface area contributed by atoms with Gasteiger partial charge in [0.2, 0.25) is 6.04 Å². The van der Waals surface area contributed by atoms with E-state index in [0.29, 0.717) is 25.2 Å². The van der Waals surface area contributed by atoms with Crippen LogP contribution in [0.25, 0.3) is 0 Å². The van der Waals surface area contributed by atoms with Gasteiger partial charge >= 0.3 is 0 Å². The molecule has 5 heteroatoms. The lowest BCUT2D eigenvalue weighted by atomic mass is 9.93. The van der Waals surface area contributed by atoms with Crippen LogP contribution in [0.2, 0.25) is 0 Å². The SMILES string of the molecule is Cc1ccc(F)c([C@H]2CN(Cc3ccccc3)CC2[N+](=O)[O-])c1. The first-order valence-corrected chi connectivity index (χ1v) is 7.70. The van der Waals surface area contributed by atoms with Gasteiger partial charge < -0.3 is 0 Å². The number of benzene rings is 2. The molecule has 0 bridgehead atoms. The zero-order valence-corrected chi connectivity index (χ0v) is 13.0. The van der Waals surface area contributed by atoms with Crippen molar-refractivity contribution >= 4 is 0 Å². The van der Waals surface area contributed by atoms with Crippen LogP contribution >= 0.6 is 0 Å². The first-order chi connectivity index (χ1) is 11.0. The average molecular weight is 314 g/mol. The second-order valence-corrected chi connectivity index (χ2v) is 6.16.